The van der Waals surface area contributed by atoms with Gasteiger partial charge in [-0.15, -0.1) is 0 Å². The Morgan fingerprint density at radius 3 is 1.85 bits per heavy atom. The highest BCUT2D eigenvalue weighted by Crippen LogP contribution is 2.43. The zero-order valence-corrected chi connectivity index (χ0v) is 9.78. The Hall–Kier alpha value is 0.350. The molecule has 2 unspecified atom stereocenters. The fraction of sp³-hybridized carbons (Fsp3) is 1.00. The second kappa shape index (κ2) is 4.25. The van der Waals surface area contributed by atoms with Gasteiger partial charge in [0.15, 0.2) is 0 Å². The highest BCUT2D eigenvalue weighted by molar-refractivity contribution is 8.00. The van der Waals surface area contributed by atoms with Crippen molar-refractivity contribution in [2.45, 2.75) is 62.9 Å². The van der Waals surface area contributed by atoms with Crippen LogP contribution in [0.15, 0.2) is 0 Å². The standard InChI is InChI=1S/C12H22S/c1-9-5-3-6-10(2)12(9)13-11-7-4-8-11/h9-12H,3-8H2,1-2H3. The summed E-state index contributed by atoms with van der Waals surface area (Å²) in [5.41, 5.74) is 0. The van der Waals surface area contributed by atoms with Crippen molar-refractivity contribution in [3.05, 3.63) is 0 Å². The second-order valence-electron chi connectivity index (χ2n) is 5.04. The third kappa shape index (κ3) is 2.23. The molecule has 0 aromatic heterocycles. The summed E-state index contributed by atoms with van der Waals surface area (Å²) < 4.78 is 0. The minimum Gasteiger partial charge on any atom is -0.155 e. The first-order chi connectivity index (χ1) is 6.27. The quantitative estimate of drug-likeness (QED) is 0.644. The molecule has 2 aliphatic rings. The molecule has 76 valence electrons. The smallest absolute Gasteiger partial charge is 0.0101 e. The highest BCUT2D eigenvalue weighted by Gasteiger charge is 2.31. The van der Waals surface area contributed by atoms with E-state index in [1.165, 1.54) is 38.5 Å². The van der Waals surface area contributed by atoms with Crippen LogP contribution >= 0.6 is 11.8 Å². The van der Waals surface area contributed by atoms with Gasteiger partial charge in [0, 0.05) is 10.5 Å². The molecule has 2 fully saturated rings. The minimum atomic E-state index is 0.981. The van der Waals surface area contributed by atoms with E-state index in [1.54, 1.807) is 0 Å². The molecule has 0 spiro atoms. The molecule has 0 N–H and O–H groups in total. The Bertz CT molecular complexity index is 153. The summed E-state index contributed by atoms with van der Waals surface area (Å²) in [6.45, 7) is 4.93. The molecule has 0 bridgehead atoms. The van der Waals surface area contributed by atoms with Crippen molar-refractivity contribution in [3.8, 4) is 0 Å². The molecule has 0 aromatic rings. The molecule has 1 heteroatoms. The first-order valence-electron chi connectivity index (χ1n) is 5.93. The maximum absolute atomic E-state index is 2.46. The lowest BCUT2D eigenvalue weighted by molar-refractivity contribution is 0.311. The topological polar surface area (TPSA) is 0 Å². The lowest BCUT2D eigenvalue weighted by atomic mass is 9.83. The van der Waals surface area contributed by atoms with E-state index in [0.29, 0.717) is 0 Å². The molecular weight excluding hydrogens is 176 g/mol. The van der Waals surface area contributed by atoms with Crippen LogP contribution in [0.5, 0.6) is 0 Å². The van der Waals surface area contributed by atoms with Crippen molar-refractivity contribution < 1.29 is 0 Å². The average Bonchev–Trinajstić information content (AvgIpc) is 2.00. The van der Waals surface area contributed by atoms with Crippen LogP contribution in [0.2, 0.25) is 0 Å². The maximum atomic E-state index is 2.46. The molecule has 2 atom stereocenters. The molecule has 0 aliphatic heterocycles. The molecule has 0 heterocycles. The van der Waals surface area contributed by atoms with E-state index in [4.69, 9.17) is 0 Å². The lowest BCUT2D eigenvalue weighted by Crippen LogP contribution is -2.31. The van der Waals surface area contributed by atoms with Gasteiger partial charge in [0.05, 0.1) is 0 Å². The van der Waals surface area contributed by atoms with Crippen LogP contribution in [0, 0.1) is 11.8 Å². The van der Waals surface area contributed by atoms with Gasteiger partial charge in [-0.3, -0.25) is 0 Å². The molecular formula is C12H22S. The van der Waals surface area contributed by atoms with Crippen LogP contribution in [0.25, 0.3) is 0 Å². The van der Waals surface area contributed by atoms with Crippen LogP contribution < -0.4 is 0 Å². The first kappa shape index (κ1) is 9.89. The van der Waals surface area contributed by atoms with Crippen molar-refractivity contribution in [3.63, 3.8) is 0 Å². The van der Waals surface area contributed by atoms with Crippen LogP contribution in [0.1, 0.15) is 52.4 Å². The van der Waals surface area contributed by atoms with E-state index >= 15 is 0 Å². The van der Waals surface area contributed by atoms with Gasteiger partial charge in [-0.05, 0) is 37.5 Å². The van der Waals surface area contributed by atoms with Gasteiger partial charge in [0.2, 0.25) is 0 Å². The van der Waals surface area contributed by atoms with E-state index in [2.05, 4.69) is 25.6 Å². The molecule has 0 nitrogen and oxygen atoms in total. The van der Waals surface area contributed by atoms with E-state index in [0.717, 1.165) is 22.3 Å². The monoisotopic (exact) mass is 198 g/mol. The fourth-order valence-corrected chi connectivity index (χ4v) is 4.51. The summed E-state index contributed by atoms with van der Waals surface area (Å²) in [5.74, 6) is 1.96. The molecule has 0 aromatic carbocycles. The Morgan fingerprint density at radius 2 is 1.38 bits per heavy atom. The van der Waals surface area contributed by atoms with Crippen molar-refractivity contribution in [2.24, 2.45) is 11.8 Å². The van der Waals surface area contributed by atoms with Crippen molar-refractivity contribution in [2.75, 3.05) is 0 Å². The van der Waals surface area contributed by atoms with Gasteiger partial charge in [0.25, 0.3) is 0 Å². The number of rotatable bonds is 2. The zero-order valence-electron chi connectivity index (χ0n) is 8.96. The molecule has 13 heavy (non-hydrogen) atoms. The van der Waals surface area contributed by atoms with Gasteiger partial charge in [-0.2, -0.15) is 11.8 Å². The van der Waals surface area contributed by atoms with Crippen molar-refractivity contribution in [1.82, 2.24) is 0 Å². The van der Waals surface area contributed by atoms with Crippen LogP contribution in [-0.4, -0.2) is 10.5 Å². The van der Waals surface area contributed by atoms with Gasteiger partial charge >= 0.3 is 0 Å². The lowest BCUT2D eigenvalue weighted by Gasteiger charge is -2.38. The van der Waals surface area contributed by atoms with Crippen molar-refractivity contribution >= 4 is 11.8 Å². The van der Waals surface area contributed by atoms with Gasteiger partial charge in [0.1, 0.15) is 0 Å². The van der Waals surface area contributed by atoms with E-state index in [-0.39, 0.29) is 0 Å². The summed E-state index contributed by atoms with van der Waals surface area (Å²) in [6.07, 6.45) is 8.93. The Balaban J connectivity index is 1.85. The predicted octanol–water partition coefficient (Wildman–Crippen LogP) is 4.10. The number of hydrogen-bond donors (Lipinski definition) is 0. The fourth-order valence-electron chi connectivity index (χ4n) is 2.65. The summed E-state index contributed by atoms with van der Waals surface area (Å²) in [6, 6.07) is 0. The largest absolute Gasteiger partial charge is 0.155 e. The molecule has 2 rings (SSSR count). The Morgan fingerprint density at radius 1 is 0.846 bits per heavy atom. The summed E-state index contributed by atoms with van der Waals surface area (Å²) in [4.78, 5) is 0. The SMILES string of the molecule is CC1CCCC(C)C1SC1CCC1. The minimum absolute atomic E-state index is 0.981. The first-order valence-corrected chi connectivity index (χ1v) is 6.87. The third-order valence-corrected chi connectivity index (χ3v) is 5.94. The summed E-state index contributed by atoms with van der Waals surface area (Å²) >= 11 is 2.32. The summed E-state index contributed by atoms with van der Waals surface area (Å²) in [5, 5.41) is 2.02. The molecule has 2 saturated carbocycles. The van der Waals surface area contributed by atoms with E-state index < -0.39 is 0 Å². The Kier molecular flexibility index (Phi) is 3.23. The molecule has 0 amide bonds. The molecule has 0 saturated heterocycles. The van der Waals surface area contributed by atoms with Crippen LogP contribution in [0.3, 0.4) is 0 Å². The molecule has 2 aliphatic carbocycles. The van der Waals surface area contributed by atoms with Gasteiger partial charge in [-0.25, -0.2) is 0 Å². The van der Waals surface area contributed by atoms with E-state index in [9.17, 15) is 0 Å². The van der Waals surface area contributed by atoms with Crippen molar-refractivity contribution in [1.29, 1.82) is 0 Å². The number of hydrogen-bond acceptors (Lipinski definition) is 1. The van der Waals surface area contributed by atoms with Gasteiger partial charge < -0.3 is 0 Å². The second-order valence-corrected chi connectivity index (χ2v) is 6.52. The number of thioether (sulfide) groups is 1. The average molecular weight is 198 g/mol. The predicted molar refractivity (Wildman–Crippen MR) is 61.2 cm³/mol. The highest BCUT2D eigenvalue weighted by atomic mass is 32.2. The Labute approximate surface area is 86.9 Å². The zero-order chi connectivity index (χ0) is 9.26. The molecule has 0 radical (unpaired) electrons. The normalized spacial score (nSPS) is 41.5. The third-order valence-electron chi connectivity index (χ3n) is 3.84. The van der Waals surface area contributed by atoms with Crippen LogP contribution in [0.4, 0.5) is 0 Å². The van der Waals surface area contributed by atoms with Gasteiger partial charge in [-0.1, -0.05) is 26.7 Å². The summed E-state index contributed by atoms with van der Waals surface area (Å²) in [7, 11) is 0. The maximum Gasteiger partial charge on any atom is 0.0101 e. The van der Waals surface area contributed by atoms with Crippen LogP contribution in [-0.2, 0) is 0 Å². The van der Waals surface area contributed by atoms with E-state index in [1.807, 2.05) is 0 Å².